The standard InChI is InChI=1S/C20H27NO/c1-4-5-6-14-22-19-12-10-18(11-13-19)15-21-20-9-7-8-16(2)17(20)3/h7-13,21H,4-6,14-15H2,1-3H3. The van der Waals surface area contributed by atoms with Crippen LogP contribution in [0, 0.1) is 13.8 Å². The summed E-state index contributed by atoms with van der Waals surface area (Å²) >= 11 is 0. The van der Waals surface area contributed by atoms with Gasteiger partial charge in [0.15, 0.2) is 0 Å². The Hall–Kier alpha value is -1.96. The number of anilines is 1. The second kappa shape index (κ2) is 8.47. The van der Waals surface area contributed by atoms with E-state index in [0.717, 1.165) is 25.3 Å². The quantitative estimate of drug-likeness (QED) is 0.651. The number of ether oxygens (including phenoxy) is 1. The fourth-order valence-corrected chi connectivity index (χ4v) is 2.39. The maximum absolute atomic E-state index is 5.74. The van der Waals surface area contributed by atoms with Gasteiger partial charge in [-0.15, -0.1) is 0 Å². The van der Waals surface area contributed by atoms with Crippen LogP contribution in [0.3, 0.4) is 0 Å². The van der Waals surface area contributed by atoms with Crippen molar-refractivity contribution in [3.05, 3.63) is 59.2 Å². The predicted molar refractivity (Wildman–Crippen MR) is 94.7 cm³/mol. The fraction of sp³-hybridized carbons (Fsp3) is 0.400. The number of nitrogens with one attached hydrogen (secondary N) is 1. The molecule has 2 aromatic carbocycles. The molecule has 0 saturated heterocycles. The average Bonchev–Trinajstić information content (AvgIpc) is 2.54. The molecule has 2 nitrogen and oxygen atoms in total. The highest BCUT2D eigenvalue weighted by Crippen LogP contribution is 2.19. The minimum atomic E-state index is 0.813. The van der Waals surface area contributed by atoms with Crippen molar-refractivity contribution in [1.29, 1.82) is 0 Å². The fourth-order valence-electron chi connectivity index (χ4n) is 2.39. The van der Waals surface area contributed by atoms with E-state index in [1.165, 1.54) is 35.2 Å². The first kappa shape index (κ1) is 16.4. The summed E-state index contributed by atoms with van der Waals surface area (Å²) in [4.78, 5) is 0. The molecule has 0 fully saturated rings. The zero-order valence-corrected chi connectivity index (χ0v) is 14.0. The van der Waals surface area contributed by atoms with Gasteiger partial charge in [-0.3, -0.25) is 0 Å². The van der Waals surface area contributed by atoms with Crippen LogP contribution in [0.15, 0.2) is 42.5 Å². The largest absolute Gasteiger partial charge is 0.494 e. The maximum Gasteiger partial charge on any atom is 0.119 e. The van der Waals surface area contributed by atoms with Crippen LogP contribution in [0.25, 0.3) is 0 Å². The predicted octanol–water partition coefficient (Wildman–Crippen LogP) is 5.48. The summed E-state index contributed by atoms with van der Waals surface area (Å²) in [7, 11) is 0. The van der Waals surface area contributed by atoms with E-state index in [1.807, 2.05) is 0 Å². The lowest BCUT2D eigenvalue weighted by molar-refractivity contribution is 0.306. The van der Waals surface area contributed by atoms with E-state index in [0.29, 0.717) is 0 Å². The van der Waals surface area contributed by atoms with Crippen molar-refractivity contribution in [2.45, 2.75) is 46.6 Å². The lowest BCUT2D eigenvalue weighted by atomic mass is 10.1. The molecule has 1 N–H and O–H groups in total. The van der Waals surface area contributed by atoms with Gasteiger partial charge in [-0.1, -0.05) is 44.0 Å². The highest BCUT2D eigenvalue weighted by molar-refractivity contribution is 5.53. The minimum Gasteiger partial charge on any atom is -0.494 e. The van der Waals surface area contributed by atoms with Gasteiger partial charge in [0.1, 0.15) is 5.75 Å². The Morgan fingerprint density at radius 2 is 1.73 bits per heavy atom. The molecule has 0 bridgehead atoms. The maximum atomic E-state index is 5.74. The average molecular weight is 297 g/mol. The molecular formula is C20H27NO. The Labute approximate surface area is 134 Å². The summed E-state index contributed by atoms with van der Waals surface area (Å²) < 4.78 is 5.74. The summed E-state index contributed by atoms with van der Waals surface area (Å²) in [5, 5.41) is 3.51. The van der Waals surface area contributed by atoms with Crippen molar-refractivity contribution in [3.8, 4) is 5.75 Å². The molecule has 0 saturated carbocycles. The normalized spacial score (nSPS) is 10.5. The second-order valence-electron chi connectivity index (χ2n) is 5.80. The van der Waals surface area contributed by atoms with Gasteiger partial charge in [0.2, 0.25) is 0 Å². The zero-order valence-electron chi connectivity index (χ0n) is 14.0. The molecule has 0 heterocycles. The molecule has 2 rings (SSSR count). The summed E-state index contributed by atoms with van der Waals surface area (Å²) in [5.41, 5.74) is 5.11. The first-order chi connectivity index (χ1) is 10.7. The number of rotatable bonds is 8. The minimum absolute atomic E-state index is 0.813. The van der Waals surface area contributed by atoms with Gasteiger partial charge in [-0.2, -0.15) is 0 Å². The van der Waals surface area contributed by atoms with E-state index in [9.17, 15) is 0 Å². The highest BCUT2D eigenvalue weighted by atomic mass is 16.5. The van der Waals surface area contributed by atoms with Crippen molar-refractivity contribution < 1.29 is 4.74 Å². The van der Waals surface area contributed by atoms with Gasteiger partial charge in [0, 0.05) is 12.2 Å². The Balaban J connectivity index is 1.85. The molecule has 0 radical (unpaired) electrons. The lowest BCUT2D eigenvalue weighted by Crippen LogP contribution is -2.02. The van der Waals surface area contributed by atoms with E-state index in [1.54, 1.807) is 0 Å². The van der Waals surface area contributed by atoms with E-state index < -0.39 is 0 Å². The topological polar surface area (TPSA) is 21.3 Å². The molecule has 0 aliphatic heterocycles. The molecule has 0 unspecified atom stereocenters. The molecule has 2 aromatic rings. The Kier molecular flexibility index (Phi) is 6.32. The number of benzene rings is 2. The van der Waals surface area contributed by atoms with Crippen LogP contribution in [-0.4, -0.2) is 6.61 Å². The SMILES string of the molecule is CCCCCOc1ccc(CNc2cccc(C)c2C)cc1. The van der Waals surface area contributed by atoms with Gasteiger partial charge in [-0.05, 0) is 55.2 Å². The van der Waals surface area contributed by atoms with Crippen LogP contribution >= 0.6 is 0 Å². The van der Waals surface area contributed by atoms with Gasteiger partial charge in [0.25, 0.3) is 0 Å². The van der Waals surface area contributed by atoms with Gasteiger partial charge in [0.05, 0.1) is 6.61 Å². The number of aryl methyl sites for hydroxylation is 1. The summed E-state index contributed by atoms with van der Waals surface area (Å²) in [6, 6.07) is 14.8. The molecule has 2 heteroatoms. The Morgan fingerprint density at radius 3 is 2.45 bits per heavy atom. The number of hydrogen-bond acceptors (Lipinski definition) is 2. The van der Waals surface area contributed by atoms with E-state index >= 15 is 0 Å². The van der Waals surface area contributed by atoms with Crippen LogP contribution in [0.2, 0.25) is 0 Å². The van der Waals surface area contributed by atoms with Crippen molar-refractivity contribution in [1.82, 2.24) is 0 Å². The summed E-state index contributed by atoms with van der Waals surface area (Å²) in [6.07, 6.45) is 3.59. The Morgan fingerprint density at radius 1 is 0.955 bits per heavy atom. The molecule has 118 valence electrons. The molecule has 0 aromatic heterocycles. The molecule has 0 atom stereocenters. The van der Waals surface area contributed by atoms with Crippen molar-refractivity contribution >= 4 is 5.69 Å². The van der Waals surface area contributed by atoms with Crippen LogP contribution in [0.1, 0.15) is 42.9 Å². The van der Waals surface area contributed by atoms with Crippen LogP contribution in [0.5, 0.6) is 5.75 Å². The molecule has 22 heavy (non-hydrogen) atoms. The molecule has 0 aliphatic rings. The molecule has 0 spiro atoms. The molecule has 0 aliphatic carbocycles. The zero-order chi connectivity index (χ0) is 15.8. The smallest absolute Gasteiger partial charge is 0.119 e. The third-order valence-electron chi connectivity index (χ3n) is 4.03. The monoisotopic (exact) mass is 297 g/mol. The summed E-state index contributed by atoms with van der Waals surface area (Å²) in [5.74, 6) is 0.964. The van der Waals surface area contributed by atoms with Crippen molar-refractivity contribution in [3.63, 3.8) is 0 Å². The number of unbranched alkanes of at least 4 members (excludes halogenated alkanes) is 2. The van der Waals surface area contributed by atoms with E-state index in [-0.39, 0.29) is 0 Å². The van der Waals surface area contributed by atoms with Crippen LogP contribution in [0.4, 0.5) is 5.69 Å². The molecule has 0 amide bonds. The van der Waals surface area contributed by atoms with Crippen molar-refractivity contribution in [2.24, 2.45) is 0 Å². The van der Waals surface area contributed by atoms with Gasteiger partial charge >= 0.3 is 0 Å². The highest BCUT2D eigenvalue weighted by Gasteiger charge is 2.01. The number of hydrogen-bond donors (Lipinski definition) is 1. The third-order valence-corrected chi connectivity index (χ3v) is 4.03. The van der Waals surface area contributed by atoms with Crippen LogP contribution < -0.4 is 10.1 Å². The second-order valence-corrected chi connectivity index (χ2v) is 5.80. The first-order valence-electron chi connectivity index (χ1n) is 8.22. The Bertz CT molecular complexity index is 575. The first-order valence-corrected chi connectivity index (χ1v) is 8.22. The van der Waals surface area contributed by atoms with Crippen LogP contribution in [-0.2, 0) is 6.54 Å². The van der Waals surface area contributed by atoms with Gasteiger partial charge in [-0.25, -0.2) is 0 Å². The lowest BCUT2D eigenvalue weighted by Gasteiger charge is -2.12. The van der Waals surface area contributed by atoms with Crippen molar-refractivity contribution in [2.75, 3.05) is 11.9 Å². The van der Waals surface area contributed by atoms with E-state index in [2.05, 4.69) is 68.6 Å². The van der Waals surface area contributed by atoms with E-state index in [4.69, 9.17) is 4.74 Å². The summed E-state index contributed by atoms with van der Waals surface area (Å²) in [6.45, 7) is 8.15. The third kappa shape index (κ3) is 4.80. The van der Waals surface area contributed by atoms with Gasteiger partial charge < -0.3 is 10.1 Å². The molecular weight excluding hydrogens is 270 g/mol.